The van der Waals surface area contributed by atoms with Crippen molar-refractivity contribution in [2.24, 2.45) is 5.92 Å². The van der Waals surface area contributed by atoms with E-state index in [4.69, 9.17) is 0 Å². The predicted molar refractivity (Wildman–Crippen MR) is 61.8 cm³/mol. The van der Waals surface area contributed by atoms with Crippen molar-refractivity contribution in [2.75, 3.05) is 5.32 Å². The van der Waals surface area contributed by atoms with Crippen molar-refractivity contribution >= 4 is 5.95 Å². The van der Waals surface area contributed by atoms with E-state index in [1.54, 1.807) is 0 Å². The zero-order valence-electron chi connectivity index (χ0n) is 9.53. The number of aromatic nitrogens is 2. The van der Waals surface area contributed by atoms with Crippen molar-refractivity contribution < 1.29 is 0 Å². The van der Waals surface area contributed by atoms with Crippen LogP contribution in [0.25, 0.3) is 0 Å². The van der Waals surface area contributed by atoms with Gasteiger partial charge in [0, 0.05) is 18.4 Å². The smallest absolute Gasteiger partial charge is 0.222 e. The average molecular weight is 205 g/mol. The van der Waals surface area contributed by atoms with E-state index < -0.39 is 0 Å². The van der Waals surface area contributed by atoms with E-state index in [1.165, 1.54) is 25.7 Å². The van der Waals surface area contributed by atoms with E-state index in [9.17, 15) is 0 Å². The van der Waals surface area contributed by atoms with Gasteiger partial charge in [0.2, 0.25) is 5.95 Å². The van der Waals surface area contributed by atoms with Gasteiger partial charge in [0.1, 0.15) is 0 Å². The van der Waals surface area contributed by atoms with Crippen molar-refractivity contribution in [1.29, 1.82) is 0 Å². The maximum Gasteiger partial charge on any atom is 0.222 e. The quantitative estimate of drug-likeness (QED) is 0.803. The summed E-state index contributed by atoms with van der Waals surface area (Å²) in [5.41, 5.74) is 1.10. The van der Waals surface area contributed by atoms with Crippen LogP contribution in [-0.4, -0.2) is 16.0 Å². The van der Waals surface area contributed by atoms with Gasteiger partial charge in [-0.25, -0.2) is 9.97 Å². The maximum atomic E-state index is 4.24. The van der Waals surface area contributed by atoms with Gasteiger partial charge in [-0.3, -0.25) is 0 Å². The van der Waals surface area contributed by atoms with Gasteiger partial charge < -0.3 is 5.32 Å². The summed E-state index contributed by atoms with van der Waals surface area (Å²) in [6, 6.07) is 0.480. The Labute approximate surface area is 91.3 Å². The van der Waals surface area contributed by atoms with E-state index in [0.717, 1.165) is 17.4 Å². The zero-order valence-corrected chi connectivity index (χ0v) is 9.53. The molecule has 1 fully saturated rings. The molecule has 0 radical (unpaired) electrons. The van der Waals surface area contributed by atoms with E-state index in [2.05, 4.69) is 22.2 Å². The molecular weight excluding hydrogens is 186 g/mol. The molecule has 0 spiro atoms. The molecule has 1 aromatic rings. The maximum absolute atomic E-state index is 4.24. The highest BCUT2D eigenvalue weighted by atomic mass is 15.1. The van der Waals surface area contributed by atoms with Crippen molar-refractivity contribution in [3.05, 3.63) is 18.0 Å². The van der Waals surface area contributed by atoms with Crippen LogP contribution in [0.1, 0.15) is 38.2 Å². The van der Waals surface area contributed by atoms with Crippen LogP contribution in [0, 0.1) is 12.8 Å². The molecule has 1 saturated carbocycles. The lowest BCUT2D eigenvalue weighted by molar-refractivity contribution is 0.607. The normalized spacial score (nSPS) is 17.5. The van der Waals surface area contributed by atoms with E-state index in [-0.39, 0.29) is 0 Å². The summed E-state index contributed by atoms with van der Waals surface area (Å²) in [5.74, 6) is 1.76. The SMILES string of the molecule is Cc1cnc(NC(C)CCC2CC2)nc1. The number of nitrogens with zero attached hydrogens (tertiary/aromatic N) is 2. The highest BCUT2D eigenvalue weighted by molar-refractivity contribution is 5.25. The standard InChI is InChI=1S/C12H19N3/c1-9-7-13-12(14-8-9)15-10(2)3-4-11-5-6-11/h7-8,10-11H,3-6H2,1-2H3,(H,13,14,15). The lowest BCUT2D eigenvalue weighted by Crippen LogP contribution is -2.17. The Morgan fingerprint density at radius 3 is 2.67 bits per heavy atom. The first-order valence-corrected chi connectivity index (χ1v) is 5.79. The Bertz CT molecular complexity index is 303. The fraction of sp³-hybridized carbons (Fsp3) is 0.667. The molecule has 0 amide bonds. The lowest BCUT2D eigenvalue weighted by Gasteiger charge is -2.13. The van der Waals surface area contributed by atoms with Gasteiger partial charge in [-0.15, -0.1) is 0 Å². The first-order chi connectivity index (χ1) is 7.24. The highest BCUT2D eigenvalue weighted by Crippen LogP contribution is 2.33. The Hall–Kier alpha value is -1.12. The van der Waals surface area contributed by atoms with E-state index in [0.29, 0.717) is 6.04 Å². The molecular formula is C12H19N3. The zero-order chi connectivity index (χ0) is 10.7. The van der Waals surface area contributed by atoms with E-state index >= 15 is 0 Å². The van der Waals surface area contributed by atoms with Crippen LogP contribution in [0.4, 0.5) is 5.95 Å². The second-order valence-corrected chi connectivity index (χ2v) is 4.65. The monoisotopic (exact) mass is 205 g/mol. The summed E-state index contributed by atoms with van der Waals surface area (Å²) in [5, 5.41) is 3.33. The number of rotatable bonds is 5. The third kappa shape index (κ3) is 3.50. The number of aryl methyl sites for hydroxylation is 1. The molecule has 0 aromatic carbocycles. The summed E-state index contributed by atoms with van der Waals surface area (Å²) in [6.07, 6.45) is 9.15. The third-order valence-electron chi connectivity index (χ3n) is 2.86. The van der Waals surface area contributed by atoms with Crippen molar-refractivity contribution in [2.45, 2.75) is 45.6 Å². The van der Waals surface area contributed by atoms with E-state index in [1.807, 2.05) is 19.3 Å². The highest BCUT2D eigenvalue weighted by Gasteiger charge is 2.21. The Kier molecular flexibility index (Phi) is 3.19. The topological polar surface area (TPSA) is 37.8 Å². The summed E-state index contributed by atoms with van der Waals surface area (Å²) < 4.78 is 0. The fourth-order valence-electron chi connectivity index (χ4n) is 1.65. The second kappa shape index (κ2) is 4.60. The number of anilines is 1. The van der Waals surface area contributed by atoms with Crippen molar-refractivity contribution in [1.82, 2.24) is 9.97 Å². The minimum absolute atomic E-state index is 0.480. The molecule has 3 nitrogen and oxygen atoms in total. The Morgan fingerprint density at radius 1 is 1.40 bits per heavy atom. The van der Waals surface area contributed by atoms with Crippen LogP contribution >= 0.6 is 0 Å². The van der Waals surface area contributed by atoms with Gasteiger partial charge in [-0.2, -0.15) is 0 Å². The molecule has 1 aliphatic carbocycles. The molecule has 82 valence electrons. The number of nitrogens with one attached hydrogen (secondary N) is 1. The number of hydrogen-bond acceptors (Lipinski definition) is 3. The first kappa shape index (κ1) is 10.4. The summed E-state index contributed by atoms with van der Waals surface area (Å²) in [6.45, 7) is 4.20. The van der Waals surface area contributed by atoms with Crippen LogP contribution in [0.5, 0.6) is 0 Å². The molecule has 0 saturated heterocycles. The van der Waals surface area contributed by atoms with Crippen molar-refractivity contribution in [3.8, 4) is 0 Å². The summed E-state index contributed by atoms with van der Waals surface area (Å²) in [7, 11) is 0. The molecule has 0 aliphatic heterocycles. The molecule has 1 unspecified atom stereocenters. The van der Waals surface area contributed by atoms with Gasteiger partial charge in [0.15, 0.2) is 0 Å². The van der Waals surface area contributed by atoms with Gasteiger partial charge >= 0.3 is 0 Å². The minimum Gasteiger partial charge on any atom is -0.352 e. The molecule has 1 heterocycles. The molecule has 0 bridgehead atoms. The van der Waals surface area contributed by atoms with Gasteiger partial charge in [0.25, 0.3) is 0 Å². The molecule has 3 heteroatoms. The van der Waals surface area contributed by atoms with Crippen LogP contribution in [-0.2, 0) is 0 Å². The average Bonchev–Trinajstić information content (AvgIpc) is 3.02. The largest absolute Gasteiger partial charge is 0.352 e. The predicted octanol–water partition coefficient (Wildman–Crippen LogP) is 2.78. The van der Waals surface area contributed by atoms with Gasteiger partial charge in [0.05, 0.1) is 0 Å². The molecule has 1 aliphatic rings. The Morgan fingerprint density at radius 2 is 2.07 bits per heavy atom. The van der Waals surface area contributed by atoms with Crippen LogP contribution in [0.2, 0.25) is 0 Å². The number of hydrogen-bond donors (Lipinski definition) is 1. The molecule has 1 N–H and O–H groups in total. The Balaban J connectivity index is 1.76. The third-order valence-corrected chi connectivity index (χ3v) is 2.86. The summed E-state index contributed by atoms with van der Waals surface area (Å²) in [4.78, 5) is 8.48. The lowest BCUT2D eigenvalue weighted by atomic mass is 10.1. The second-order valence-electron chi connectivity index (χ2n) is 4.65. The molecule has 15 heavy (non-hydrogen) atoms. The summed E-state index contributed by atoms with van der Waals surface area (Å²) >= 11 is 0. The van der Waals surface area contributed by atoms with Gasteiger partial charge in [-0.05, 0) is 38.2 Å². The first-order valence-electron chi connectivity index (χ1n) is 5.79. The van der Waals surface area contributed by atoms with Crippen LogP contribution in [0.3, 0.4) is 0 Å². The van der Waals surface area contributed by atoms with Crippen molar-refractivity contribution in [3.63, 3.8) is 0 Å². The van der Waals surface area contributed by atoms with Crippen LogP contribution in [0.15, 0.2) is 12.4 Å². The van der Waals surface area contributed by atoms with Crippen LogP contribution < -0.4 is 5.32 Å². The van der Waals surface area contributed by atoms with Gasteiger partial charge in [-0.1, -0.05) is 12.8 Å². The molecule has 2 rings (SSSR count). The molecule has 1 atom stereocenters. The minimum atomic E-state index is 0.480. The fourth-order valence-corrected chi connectivity index (χ4v) is 1.65. The molecule has 1 aromatic heterocycles.